The van der Waals surface area contributed by atoms with Crippen molar-refractivity contribution >= 4 is 17.7 Å². The number of fused-ring (bicyclic) bond motifs is 1. The molecule has 1 aromatic carbocycles. The lowest BCUT2D eigenvalue weighted by Crippen LogP contribution is -2.73. The van der Waals surface area contributed by atoms with Crippen LogP contribution in [-0.4, -0.2) is 51.8 Å². The van der Waals surface area contributed by atoms with Crippen LogP contribution in [0.4, 0.5) is 10.5 Å². The van der Waals surface area contributed by atoms with Crippen molar-refractivity contribution in [2.75, 3.05) is 13.2 Å². The number of β-lactam (4-membered cyclic amide) rings is 1. The summed E-state index contributed by atoms with van der Waals surface area (Å²) in [6.07, 6.45) is 0.0314. The summed E-state index contributed by atoms with van der Waals surface area (Å²) in [7, 11) is 0. The first-order valence-electron chi connectivity index (χ1n) is 8.88. The van der Waals surface area contributed by atoms with E-state index in [9.17, 15) is 19.7 Å². The number of carbonyl (C=O) groups excluding carboxylic acids is 1. The number of non-ortho nitro benzene ring substituents is 1. The lowest BCUT2D eigenvalue weighted by molar-refractivity contribution is -0.384. The second-order valence-corrected chi connectivity index (χ2v) is 7.46. The second kappa shape index (κ2) is 7.15. The molecular weight excluding hydrogens is 354 g/mol. The van der Waals surface area contributed by atoms with E-state index in [4.69, 9.17) is 9.84 Å². The molecule has 3 rings (SSSR count). The summed E-state index contributed by atoms with van der Waals surface area (Å²) >= 11 is 0. The Morgan fingerprint density at radius 2 is 2.11 bits per heavy atom. The summed E-state index contributed by atoms with van der Waals surface area (Å²) < 4.78 is 5.68. The van der Waals surface area contributed by atoms with Crippen LogP contribution in [0.5, 0.6) is 0 Å². The number of ether oxygens (including phenoxy) is 1. The van der Waals surface area contributed by atoms with Crippen molar-refractivity contribution in [3.8, 4) is 0 Å². The summed E-state index contributed by atoms with van der Waals surface area (Å²) in [5.74, 6) is -0.566. The van der Waals surface area contributed by atoms with Gasteiger partial charge in [0.2, 0.25) is 5.91 Å². The van der Waals surface area contributed by atoms with Gasteiger partial charge in [-0.1, -0.05) is 12.1 Å². The predicted octanol–water partition coefficient (Wildman–Crippen LogP) is 2.00. The van der Waals surface area contributed by atoms with Crippen LogP contribution in [0, 0.1) is 22.0 Å². The van der Waals surface area contributed by atoms with E-state index in [-0.39, 0.29) is 36.0 Å². The molecule has 3 atom stereocenters. The maximum absolute atomic E-state index is 12.8. The Labute approximate surface area is 156 Å². The van der Waals surface area contributed by atoms with Crippen molar-refractivity contribution in [2.24, 2.45) is 11.8 Å². The molecule has 27 heavy (non-hydrogen) atoms. The minimum Gasteiger partial charge on any atom is -0.465 e. The molecule has 0 bridgehead atoms. The minimum atomic E-state index is -1.14. The molecule has 2 aliphatic rings. The topological polar surface area (TPSA) is 122 Å². The summed E-state index contributed by atoms with van der Waals surface area (Å²) in [6.45, 7) is 4.41. The number of hydrogen-bond donors (Lipinski definition) is 2. The van der Waals surface area contributed by atoms with E-state index < -0.39 is 16.7 Å². The molecule has 2 N–H and O–H groups in total. The zero-order valence-electron chi connectivity index (χ0n) is 15.3. The van der Waals surface area contributed by atoms with E-state index in [1.165, 1.54) is 12.1 Å². The molecule has 2 fully saturated rings. The van der Waals surface area contributed by atoms with Gasteiger partial charge in [-0.15, -0.1) is 0 Å². The fourth-order valence-electron chi connectivity index (χ4n) is 4.16. The number of nitrogens with one attached hydrogen (secondary N) is 1. The van der Waals surface area contributed by atoms with Crippen LogP contribution in [0.15, 0.2) is 24.3 Å². The first-order chi connectivity index (χ1) is 12.7. The molecule has 0 aromatic heterocycles. The average molecular weight is 377 g/mol. The van der Waals surface area contributed by atoms with Crippen molar-refractivity contribution in [2.45, 2.75) is 38.5 Å². The Hall–Kier alpha value is -2.68. The zero-order valence-corrected chi connectivity index (χ0v) is 15.3. The van der Waals surface area contributed by atoms with Gasteiger partial charge in [0.1, 0.15) is 5.72 Å². The van der Waals surface area contributed by atoms with Crippen LogP contribution in [0.1, 0.15) is 25.8 Å². The van der Waals surface area contributed by atoms with Gasteiger partial charge in [-0.25, -0.2) is 4.79 Å². The van der Waals surface area contributed by atoms with Crippen LogP contribution >= 0.6 is 0 Å². The van der Waals surface area contributed by atoms with E-state index in [0.29, 0.717) is 19.4 Å². The Morgan fingerprint density at radius 3 is 2.70 bits per heavy atom. The number of nitro groups is 1. The Balaban J connectivity index is 1.78. The molecule has 0 radical (unpaired) electrons. The summed E-state index contributed by atoms with van der Waals surface area (Å²) in [5, 5.41) is 22.2. The fraction of sp³-hybridized carbons (Fsp3) is 0.556. The van der Waals surface area contributed by atoms with Crippen LogP contribution in [-0.2, 0) is 16.0 Å². The van der Waals surface area contributed by atoms with Crippen molar-refractivity contribution in [1.82, 2.24) is 10.2 Å². The van der Waals surface area contributed by atoms with Crippen molar-refractivity contribution in [3.63, 3.8) is 0 Å². The molecule has 2 aliphatic heterocycles. The third kappa shape index (κ3) is 3.73. The monoisotopic (exact) mass is 377 g/mol. The number of benzene rings is 1. The number of rotatable bonds is 6. The summed E-state index contributed by atoms with van der Waals surface area (Å²) in [6, 6.07) is 6.16. The minimum absolute atomic E-state index is 0.00367. The highest BCUT2D eigenvalue weighted by Crippen LogP contribution is 2.44. The highest BCUT2D eigenvalue weighted by molar-refractivity contribution is 5.87. The van der Waals surface area contributed by atoms with Gasteiger partial charge in [0.05, 0.1) is 17.4 Å². The smallest absolute Gasteiger partial charge is 0.404 e. The summed E-state index contributed by atoms with van der Waals surface area (Å²) in [4.78, 5) is 35.9. The molecule has 2 heterocycles. The van der Waals surface area contributed by atoms with Crippen LogP contribution in [0.3, 0.4) is 0 Å². The second-order valence-electron chi connectivity index (χ2n) is 7.46. The highest BCUT2D eigenvalue weighted by Gasteiger charge is 2.57. The number of amides is 2. The van der Waals surface area contributed by atoms with Gasteiger partial charge in [0, 0.05) is 24.7 Å². The van der Waals surface area contributed by atoms with Gasteiger partial charge in [-0.05, 0) is 38.2 Å². The van der Waals surface area contributed by atoms with Crippen LogP contribution < -0.4 is 5.32 Å². The van der Waals surface area contributed by atoms with Gasteiger partial charge >= 0.3 is 6.09 Å². The van der Waals surface area contributed by atoms with Gasteiger partial charge in [0.25, 0.3) is 5.69 Å². The molecule has 2 saturated heterocycles. The van der Waals surface area contributed by atoms with Gasteiger partial charge in [0.15, 0.2) is 0 Å². The van der Waals surface area contributed by atoms with Gasteiger partial charge in [-0.2, -0.15) is 0 Å². The van der Waals surface area contributed by atoms with Crippen LogP contribution in [0.2, 0.25) is 0 Å². The first kappa shape index (κ1) is 19.1. The van der Waals surface area contributed by atoms with E-state index in [1.807, 2.05) is 13.8 Å². The molecule has 2 amide bonds. The normalized spacial score (nSPS) is 24.5. The van der Waals surface area contributed by atoms with Crippen LogP contribution in [0.25, 0.3) is 0 Å². The predicted molar refractivity (Wildman–Crippen MR) is 95.1 cm³/mol. The van der Waals surface area contributed by atoms with Gasteiger partial charge in [-0.3, -0.25) is 14.9 Å². The largest absolute Gasteiger partial charge is 0.465 e. The molecule has 9 nitrogen and oxygen atoms in total. The maximum atomic E-state index is 12.8. The maximum Gasteiger partial charge on any atom is 0.404 e. The Kier molecular flexibility index (Phi) is 5.05. The van der Waals surface area contributed by atoms with Crippen molar-refractivity contribution < 1.29 is 24.4 Å². The quantitative estimate of drug-likeness (QED) is 0.444. The Morgan fingerprint density at radius 1 is 1.44 bits per heavy atom. The fourth-order valence-corrected chi connectivity index (χ4v) is 4.16. The number of carbonyl (C=O) groups is 2. The molecule has 0 saturated carbocycles. The molecule has 0 aliphatic carbocycles. The molecule has 146 valence electrons. The van der Waals surface area contributed by atoms with E-state index in [0.717, 1.165) is 5.56 Å². The lowest BCUT2D eigenvalue weighted by atomic mass is 9.72. The van der Waals surface area contributed by atoms with Crippen molar-refractivity contribution in [1.29, 1.82) is 0 Å². The SMILES string of the molecule is CC1(C)OCCC2[C@H](C(CNC(=O)O)Cc3ccc([N+](=O)[O-])cc3)C(=O)N21. The highest BCUT2D eigenvalue weighted by atomic mass is 16.6. The van der Waals surface area contributed by atoms with E-state index in [1.54, 1.807) is 17.0 Å². The average Bonchev–Trinajstić information content (AvgIpc) is 2.58. The van der Waals surface area contributed by atoms with E-state index >= 15 is 0 Å². The van der Waals surface area contributed by atoms with Gasteiger partial charge < -0.3 is 20.1 Å². The summed E-state index contributed by atoms with van der Waals surface area (Å²) in [5.41, 5.74) is 0.167. The molecule has 2 unspecified atom stereocenters. The third-order valence-electron chi connectivity index (χ3n) is 5.39. The molecule has 0 spiro atoms. The first-order valence-corrected chi connectivity index (χ1v) is 8.88. The van der Waals surface area contributed by atoms with Crippen molar-refractivity contribution in [3.05, 3.63) is 39.9 Å². The number of carboxylic acid groups (broad SMARTS) is 1. The molecular formula is C18H23N3O6. The van der Waals surface area contributed by atoms with E-state index in [2.05, 4.69) is 5.32 Å². The number of hydrogen-bond acceptors (Lipinski definition) is 5. The Bertz CT molecular complexity index is 748. The number of nitro benzene ring substituents is 1. The molecule has 9 heteroatoms. The molecule has 1 aromatic rings. The lowest BCUT2D eigenvalue weighted by Gasteiger charge is -2.59. The standard InChI is InChI=1S/C18H23N3O6/c1-18(2)20-14(7-8-27-18)15(16(20)22)12(10-19-17(23)24)9-11-3-5-13(6-4-11)21(25)26/h3-6,12,14-15,19H,7-10H2,1-2H3,(H,23,24)/t12?,14?,15-/m0/s1. The zero-order chi connectivity index (χ0) is 19.8. The number of nitrogens with zero attached hydrogens (tertiary/aromatic N) is 2. The third-order valence-corrected chi connectivity index (χ3v) is 5.39.